The summed E-state index contributed by atoms with van der Waals surface area (Å²) in [4.78, 5) is 36.9. The zero-order valence-corrected chi connectivity index (χ0v) is 15.1. The van der Waals surface area contributed by atoms with E-state index in [2.05, 4.69) is 6.58 Å². The van der Waals surface area contributed by atoms with Crippen molar-refractivity contribution in [2.45, 2.75) is 24.6 Å². The zero-order chi connectivity index (χ0) is 18.4. The average molecular weight is 363 g/mol. The van der Waals surface area contributed by atoms with E-state index in [4.69, 9.17) is 9.47 Å². The van der Waals surface area contributed by atoms with Crippen molar-refractivity contribution in [2.75, 3.05) is 20.3 Å². The minimum atomic E-state index is -0.436. The number of hydrogen-bond donors (Lipinski definition) is 0. The fourth-order valence-electron chi connectivity index (χ4n) is 2.81. The number of rotatable bonds is 5. The Morgan fingerprint density at radius 2 is 2.00 bits per heavy atom. The Morgan fingerprint density at radius 3 is 2.56 bits per heavy atom. The number of nitrogens with zero attached hydrogens (tertiary/aromatic N) is 1. The van der Waals surface area contributed by atoms with E-state index in [1.165, 1.54) is 31.9 Å². The van der Waals surface area contributed by atoms with Gasteiger partial charge in [0.05, 0.1) is 18.7 Å². The van der Waals surface area contributed by atoms with Gasteiger partial charge in [-0.2, -0.15) is 0 Å². The highest BCUT2D eigenvalue weighted by Gasteiger charge is 2.38. The Bertz CT molecular complexity index is 658. The highest BCUT2D eigenvalue weighted by Crippen LogP contribution is 2.38. The Labute approximate surface area is 151 Å². The van der Waals surface area contributed by atoms with Crippen LogP contribution in [0.25, 0.3) is 0 Å². The summed E-state index contributed by atoms with van der Waals surface area (Å²) >= 11 is 1.23. The van der Waals surface area contributed by atoms with E-state index >= 15 is 0 Å². The summed E-state index contributed by atoms with van der Waals surface area (Å²) in [7, 11) is 1.33. The maximum absolute atomic E-state index is 12.3. The Balaban J connectivity index is 2.20. The van der Waals surface area contributed by atoms with E-state index < -0.39 is 12.1 Å². The molecule has 0 aliphatic carbocycles. The van der Waals surface area contributed by atoms with Crippen molar-refractivity contribution in [3.05, 3.63) is 48.0 Å². The summed E-state index contributed by atoms with van der Waals surface area (Å²) in [6.45, 7) is 5.62. The first kappa shape index (κ1) is 19.1. The van der Waals surface area contributed by atoms with E-state index in [9.17, 15) is 14.4 Å². The highest BCUT2D eigenvalue weighted by molar-refractivity contribution is 8.14. The van der Waals surface area contributed by atoms with Gasteiger partial charge in [0.25, 0.3) is 0 Å². The molecule has 6 nitrogen and oxygen atoms in total. The molecule has 0 bridgehead atoms. The first-order chi connectivity index (χ1) is 12.0. The number of likely N-dealkylation sites (tertiary alicyclic amines) is 1. The molecule has 0 unspecified atom stereocenters. The number of thioether (sulfide) groups is 1. The van der Waals surface area contributed by atoms with Crippen LogP contribution in [0.1, 0.15) is 35.3 Å². The van der Waals surface area contributed by atoms with Crippen LogP contribution < -0.4 is 0 Å². The van der Waals surface area contributed by atoms with Crippen LogP contribution >= 0.6 is 11.8 Å². The first-order valence-corrected chi connectivity index (χ1v) is 8.74. The smallest absolute Gasteiger partial charge is 0.410 e. The van der Waals surface area contributed by atoms with Crippen molar-refractivity contribution in [1.82, 2.24) is 4.90 Å². The maximum Gasteiger partial charge on any atom is 0.410 e. The number of methoxy groups -OCH3 is 1. The summed E-state index contributed by atoms with van der Waals surface area (Å²) < 4.78 is 9.85. The van der Waals surface area contributed by atoms with Gasteiger partial charge >= 0.3 is 12.1 Å². The molecular weight excluding hydrogens is 342 g/mol. The molecule has 1 saturated heterocycles. The van der Waals surface area contributed by atoms with Gasteiger partial charge in [-0.1, -0.05) is 36.5 Å². The van der Waals surface area contributed by atoms with Gasteiger partial charge < -0.3 is 14.4 Å². The molecule has 25 heavy (non-hydrogen) atoms. The van der Waals surface area contributed by atoms with Gasteiger partial charge in [-0.15, -0.1) is 0 Å². The van der Waals surface area contributed by atoms with Crippen LogP contribution in [0.2, 0.25) is 0 Å². The van der Waals surface area contributed by atoms with Crippen molar-refractivity contribution < 1.29 is 23.9 Å². The molecule has 0 N–H and O–H groups in total. The number of amides is 1. The van der Waals surface area contributed by atoms with E-state index in [1.54, 1.807) is 29.2 Å². The monoisotopic (exact) mass is 363 g/mol. The molecule has 134 valence electrons. The lowest BCUT2D eigenvalue weighted by molar-refractivity contribution is -0.109. The number of benzene rings is 1. The molecule has 1 heterocycles. The summed E-state index contributed by atoms with van der Waals surface area (Å²) in [5, 5.41) is 0.0326. The van der Waals surface area contributed by atoms with E-state index in [0.29, 0.717) is 18.5 Å². The highest BCUT2D eigenvalue weighted by atomic mass is 32.2. The van der Waals surface area contributed by atoms with Crippen LogP contribution in [0, 0.1) is 0 Å². The predicted molar refractivity (Wildman–Crippen MR) is 95.5 cm³/mol. The molecule has 7 heteroatoms. The van der Waals surface area contributed by atoms with Crippen LogP contribution in [-0.2, 0) is 14.3 Å². The SMILES string of the molecule is C=CCOC(=O)N1C[C@@H](SC(C)=O)C[C@@H]1c1ccc(C(=O)OC)cc1. The van der Waals surface area contributed by atoms with Crippen molar-refractivity contribution in [1.29, 1.82) is 0 Å². The molecule has 0 saturated carbocycles. The first-order valence-electron chi connectivity index (χ1n) is 7.86. The number of hydrogen-bond acceptors (Lipinski definition) is 6. The quantitative estimate of drug-likeness (QED) is 0.591. The normalized spacial score (nSPS) is 19.4. The third-order valence-electron chi connectivity index (χ3n) is 3.87. The third kappa shape index (κ3) is 4.85. The lowest BCUT2D eigenvalue weighted by Gasteiger charge is -2.24. The topological polar surface area (TPSA) is 72.9 Å². The molecule has 0 spiro atoms. The van der Waals surface area contributed by atoms with Gasteiger partial charge in [0.2, 0.25) is 0 Å². The lowest BCUT2D eigenvalue weighted by atomic mass is 10.0. The largest absolute Gasteiger partial charge is 0.465 e. The molecule has 1 fully saturated rings. The fourth-order valence-corrected chi connectivity index (χ4v) is 3.79. The van der Waals surface area contributed by atoms with Crippen molar-refractivity contribution in [2.24, 2.45) is 0 Å². The number of carbonyl (C=O) groups excluding carboxylic acids is 3. The van der Waals surface area contributed by atoms with Gasteiger partial charge in [0, 0.05) is 18.7 Å². The minimum Gasteiger partial charge on any atom is -0.465 e. The van der Waals surface area contributed by atoms with Gasteiger partial charge in [0.1, 0.15) is 6.61 Å². The second kappa shape index (κ2) is 8.71. The Kier molecular flexibility index (Phi) is 6.64. The van der Waals surface area contributed by atoms with Crippen LogP contribution in [0.15, 0.2) is 36.9 Å². The molecule has 0 radical (unpaired) electrons. The van der Waals surface area contributed by atoms with Crippen LogP contribution in [0.4, 0.5) is 4.79 Å². The number of carbonyl (C=O) groups is 3. The van der Waals surface area contributed by atoms with E-state index in [0.717, 1.165) is 5.56 Å². The Morgan fingerprint density at radius 1 is 1.32 bits per heavy atom. The second-order valence-corrected chi connectivity index (χ2v) is 7.09. The van der Waals surface area contributed by atoms with Gasteiger partial charge in [-0.25, -0.2) is 9.59 Å². The molecule has 1 aromatic rings. The molecule has 2 rings (SSSR count). The van der Waals surface area contributed by atoms with Crippen LogP contribution in [-0.4, -0.2) is 47.6 Å². The van der Waals surface area contributed by atoms with Gasteiger partial charge in [0.15, 0.2) is 5.12 Å². The Hall–Kier alpha value is -2.28. The zero-order valence-electron chi connectivity index (χ0n) is 14.3. The molecule has 0 aromatic heterocycles. The van der Waals surface area contributed by atoms with Crippen molar-refractivity contribution in [3.8, 4) is 0 Å². The lowest BCUT2D eigenvalue weighted by Crippen LogP contribution is -2.32. The molecular formula is C18H21NO5S. The van der Waals surface area contributed by atoms with Crippen molar-refractivity contribution >= 4 is 28.9 Å². The minimum absolute atomic E-state index is 0.0130. The summed E-state index contributed by atoms with van der Waals surface area (Å²) in [5.41, 5.74) is 1.33. The van der Waals surface area contributed by atoms with E-state index in [1.807, 2.05) is 0 Å². The molecule has 2 atom stereocenters. The molecule has 1 aliphatic rings. The standard InChI is InChI=1S/C18H21NO5S/c1-4-9-24-18(22)19-11-15(25-12(2)20)10-16(19)13-5-7-14(8-6-13)17(21)23-3/h4-8,15-16H,1,9-11H2,2-3H3/t15-,16+/m0/s1. The number of ether oxygens (including phenoxy) is 2. The van der Waals surface area contributed by atoms with Crippen molar-refractivity contribution in [3.63, 3.8) is 0 Å². The summed E-state index contributed by atoms with van der Waals surface area (Å²) in [6, 6.07) is 6.72. The fraction of sp³-hybridized carbons (Fsp3) is 0.389. The second-order valence-electron chi connectivity index (χ2n) is 5.61. The predicted octanol–water partition coefficient (Wildman–Crippen LogP) is 3.19. The average Bonchev–Trinajstić information content (AvgIpc) is 3.02. The molecule has 1 aromatic carbocycles. The van der Waals surface area contributed by atoms with Crippen LogP contribution in [0.3, 0.4) is 0 Å². The summed E-state index contributed by atoms with van der Waals surface area (Å²) in [5.74, 6) is -0.412. The third-order valence-corrected chi connectivity index (χ3v) is 4.88. The van der Waals surface area contributed by atoms with Gasteiger partial charge in [-0.05, 0) is 24.1 Å². The van der Waals surface area contributed by atoms with E-state index in [-0.39, 0.29) is 23.0 Å². The summed E-state index contributed by atoms with van der Waals surface area (Å²) in [6.07, 6.45) is 1.72. The molecule has 1 aliphatic heterocycles. The van der Waals surface area contributed by atoms with Gasteiger partial charge in [-0.3, -0.25) is 4.79 Å². The molecule has 1 amide bonds. The van der Waals surface area contributed by atoms with Crippen LogP contribution in [0.5, 0.6) is 0 Å². The maximum atomic E-state index is 12.3. The number of esters is 1.